The second kappa shape index (κ2) is 6.57. The molecule has 27 heavy (non-hydrogen) atoms. The van der Waals surface area contributed by atoms with Crippen LogP contribution in [-0.2, 0) is 30.6 Å². The summed E-state index contributed by atoms with van der Waals surface area (Å²) in [7, 11) is 0. The van der Waals surface area contributed by atoms with Crippen molar-refractivity contribution in [1.29, 1.82) is 0 Å². The third-order valence-electron chi connectivity index (χ3n) is 4.69. The average Bonchev–Trinajstić information content (AvgIpc) is 3.22. The Hall–Kier alpha value is -3.09. The maximum atomic E-state index is 12.8. The molecule has 1 aliphatic heterocycles. The van der Waals surface area contributed by atoms with E-state index in [1.54, 1.807) is 4.90 Å². The van der Waals surface area contributed by atoms with Crippen LogP contribution in [0.1, 0.15) is 22.4 Å². The molecule has 1 amide bonds. The number of carbonyl (C=O) groups is 1. The molecule has 0 fully saturated rings. The molecule has 138 valence electrons. The summed E-state index contributed by atoms with van der Waals surface area (Å²) in [6, 6.07) is 14.8. The third kappa shape index (κ3) is 3.32. The Balaban J connectivity index is 1.73. The van der Waals surface area contributed by atoms with Gasteiger partial charge < -0.3 is 4.90 Å². The molecule has 4 rings (SSSR count). The molecule has 0 spiro atoms. The molecule has 0 unspecified atom stereocenters. The number of hydrogen-bond donors (Lipinski definition) is 0. The van der Waals surface area contributed by atoms with Gasteiger partial charge in [-0.25, -0.2) is 0 Å². The first kappa shape index (κ1) is 17.3. The van der Waals surface area contributed by atoms with Gasteiger partial charge in [-0.2, -0.15) is 18.3 Å². The highest BCUT2D eigenvalue weighted by molar-refractivity contribution is 5.66. The van der Waals surface area contributed by atoms with E-state index in [2.05, 4.69) is 5.10 Å². The van der Waals surface area contributed by atoms with Crippen LogP contribution in [0, 0.1) is 0 Å². The zero-order chi connectivity index (χ0) is 19.0. The van der Waals surface area contributed by atoms with E-state index in [4.69, 9.17) is 0 Å². The molecule has 4 nitrogen and oxygen atoms in total. The van der Waals surface area contributed by atoms with E-state index in [0.29, 0.717) is 30.9 Å². The van der Waals surface area contributed by atoms with Crippen molar-refractivity contribution < 1.29 is 18.0 Å². The Labute approximate surface area is 153 Å². The van der Waals surface area contributed by atoms with E-state index >= 15 is 0 Å². The normalized spacial score (nSPS) is 13.7. The van der Waals surface area contributed by atoms with Gasteiger partial charge in [-0.05, 0) is 17.7 Å². The first-order valence-electron chi connectivity index (χ1n) is 8.45. The van der Waals surface area contributed by atoms with Gasteiger partial charge in [0.05, 0.1) is 30.0 Å². The quantitative estimate of drug-likeness (QED) is 0.648. The molecule has 2 heterocycles. The lowest BCUT2D eigenvalue weighted by molar-refractivity contribution is -0.137. The zero-order valence-electron chi connectivity index (χ0n) is 14.3. The third-order valence-corrected chi connectivity index (χ3v) is 4.69. The topological polar surface area (TPSA) is 38.1 Å². The van der Waals surface area contributed by atoms with Crippen LogP contribution in [0.15, 0.2) is 54.6 Å². The minimum Gasteiger partial charge on any atom is -0.335 e. The second-order valence-corrected chi connectivity index (χ2v) is 6.50. The molecule has 2 aromatic carbocycles. The van der Waals surface area contributed by atoms with Gasteiger partial charge in [0.1, 0.15) is 0 Å². The Kier molecular flexibility index (Phi) is 4.22. The number of carbonyl (C=O) groups excluding carboxylic acids is 1. The van der Waals surface area contributed by atoms with Crippen LogP contribution >= 0.6 is 0 Å². The molecule has 7 heteroatoms. The van der Waals surface area contributed by atoms with Crippen LogP contribution in [0.2, 0.25) is 0 Å². The summed E-state index contributed by atoms with van der Waals surface area (Å²) < 4.78 is 40.3. The summed E-state index contributed by atoms with van der Waals surface area (Å²) in [6.45, 7) is 1.39. The van der Waals surface area contributed by atoms with Crippen molar-refractivity contribution >= 4 is 6.41 Å². The van der Waals surface area contributed by atoms with E-state index in [9.17, 15) is 18.0 Å². The van der Waals surface area contributed by atoms with Crippen molar-refractivity contribution in [3.05, 3.63) is 77.0 Å². The van der Waals surface area contributed by atoms with Crippen molar-refractivity contribution in [2.45, 2.75) is 25.8 Å². The first-order valence-corrected chi connectivity index (χ1v) is 8.45. The highest BCUT2D eigenvalue weighted by atomic mass is 19.4. The fourth-order valence-corrected chi connectivity index (χ4v) is 3.34. The summed E-state index contributed by atoms with van der Waals surface area (Å²) in [6.07, 6.45) is -3.59. The molecule has 3 aromatic rings. The van der Waals surface area contributed by atoms with E-state index < -0.39 is 11.7 Å². The molecular formula is C20H16F3N3O. The van der Waals surface area contributed by atoms with E-state index in [-0.39, 0.29) is 0 Å². The SMILES string of the molecule is O=CN1Cc2c(-c3ccc(C(F)(F)F)cc3)nn(Cc3ccccc3)c2C1. The Morgan fingerprint density at radius 2 is 1.70 bits per heavy atom. The maximum Gasteiger partial charge on any atom is 0.416 e. The van der Waals surface area contributed by atoms with Crippen molar-refractivity contribution in [2.24, 2.45) is 0 Å². The number of hydrogen-bond acceptors (Lipinski definition) is 2. The van der Waals surface area contributed by atoms with Crippen molar-refractivity contribution in [3.63, 3.8) is 0 Å². The van der Waals surface area contributed by atoms with Gasteiger partial charge in [-0.1, -0.05) is 42.5 Å². The summed E-state index contributed by atoms with van der Waals surface area (Å²) in [5, 5.41) is 4.65. The molecule has 1 aromatic heterocycles. The lowest BCUT2D eigenvalue weighted by atomic mass is 10.1. The van der Waals surface area contributed by atoms with E-state index in [0.717, 1.165) is 35.4 Å². The lowest BCUT2D eigenvalue weighted by Gasteiger charge is -2.11. The van der Waals surface area contributed by atoms with Gasteiger partial charge in [0.15, 0.2) is 0 Å². The number of nitrogens with zero attached hydrogens (tertiary/aromatic N) is 3. The highest BCUT2D eigenvalue weighted by Gasteiger charge is 2.31. The number of rotatable bonds is 4. The molecular weight excluding hydrogens is 355 g/mol. The van der Waals surface area contributed by atoms with Gasteiger partial charge in [0.2, 0.25) is 6.41 Å². The van der Waals surface area contributed by atoms with Crippen LogP contribution in [0.4, 0.5) is 13.2 Å². The number of halogens is 3. The first-order chi connectivity index (χ1) is 13.0. The Bertz CT molecular complexity index is 963. The van der Waals surface area contributed by atoms with Gasteiger partial charge in [-0.3, -0.25) is 9.48 Å². The number of amides is 1. The summed E-state index contributed by atoms with van der Waals surface area (Å²) in [5.74, 6) is 0. The van der Waals surface area contributed by atoms with Gasteiger partial charge >= 0.3 is 6.18 Å². The van der Waals surface area contributed by atoms with E-state index in [1.165, 1.54) is 12.1 Å². The van der Waals surface area contributed by atoms with Crippen molar-refractivity contribution in [2.75, 3.05) is 0 Å². The van der Waals surface area contributed by atoms with Crippen LogP contribution in [-0.4, -0.2) is 21.1 Å². The monoisotopic (exact) mass is 371 g/mol. The summed E-state index contributed by atoms with van der Waals surface area (Å²) >= 11 is 0. The lowest BCUT2D eigenvalue weighted by Crippen LogP contribution is -2.16. The maximum absolute atomic E-state index is 12.8. The Morgan fingerprint density at radius 3 is 2.33 bits per heavy atom. The predicted molar refractivity (Wildman–Crippen MR) is 93.5 cm³/mol. The van der Waals surface area contributed by atoms with Crippen LogP contribution < -0.4 is 0 Å². The molecule has 0 aliphatic carbocycles. The summed E-state index contributed by atoms with van der Waals surface area (Å²) in [5.41, 5.74) is 3.41. The van der Waals surface area contributed by atoms with Crippen LogP contribution in [0.3, 0.4) is 0 Å². The van der Waals surface area contributed by atoms with Gasteiger partial charge in [0, 0.05) is 17.7 Å². The number of alkyl halides is 3. The number of benzene rings is 2. The minimum absolute atomic E-state index is 0.407. The smallest absolute Gasteiger partial charge is 0.335 e. The minimum atomic E-state index is -4.37. The van der Waals surface area contributed by atoms with Crippen LogP contribution in [0.25, 0.3) is 11.3 Å². The van der Waals surface area contributed by atoms with Crippen molar-refractivity contribution in [1.82, 2.24) is 14.7 Å². The number of fused-ring (bicyclic) bond motifs is 1. The van der Waals surface area contributed by atoms with Crippen molar-refractivity contribution in [3.8, 4) is 11.3 Å². The largest absolute Gasteiger partial charge is 0.416 e. The molecule has 0 radical (unpaired) electrons. The standard InChI is InChI=1S/C20H16F3N3O/c21-20(22,23)16-8-6-15(7-9-16)19-17-11-25(13-27)12-18(17)26(24-19)10-14-4-2-1-3-5-14/h1-9,13H,10-12H2. The molecule has 0 atom stereocenters. The number of aromatic nitrogens is 2. The molecule has 0 saturated heterocycles. The fraction of sp³-hybridized carbons (Fsp3) is 0.200. The second-order valence-electron chi connectivity index (χ2n) is 6.50. The fourth-order valence-electron chi connectivity index (χ4n) is 3.34. The molecule has 0 bridgehead atoms. The zero-order valence-corrected chi connectivity index (χ0v) is 14.3. The molecule has 0 N–H and O–H groups in total. The van der Waals surface area contributed by atoms with E-state index in [1.807, 2.05) is 35.0 Å². The Morgan fingerprint density at radius 1 is 1.00 bits per heavy atom. The summed E-state index contributed by atoms with van der Waals surface area (Å²) in [4.78, 5) is 12.8. The predicted octanol–water partition coefficient (Wildman–Crippen LogP) is 4.09. The molecule has 1 aliphatic rings. The average molecular weight is 371 g/mol. The van der Waals surface area contributed by atoms with Gasteiger partial charge in [0.25, 0.3) is 0 Å². The van der Waals surface area contributed by atoms with Gasteiger partial charge in [-0.15, -0.1) is 0 Å². The highest BCUT2D eigenvalue weighted by Crippen LogP contribution is 2.34. The van der Waals surface area contributed by atoms with Crippen LogP contribution in [0.5, 0.6) is 0 Å². The molecule has 0 saturated carbocycles.